The largest absolute Gasteiger partial charge is 0.376 e. The van der Waals surface area contributed by atoms with Crippen LogP contribution >= 0.6 is 0 Å². The van der Waals surface area contributed by atoms with Crippen LogP contribution in [0.1, 0.15) is 47.7 Å². The van der Waals surface area contributed by atoms with Crippen molar-refractivity contribution >= 4 is 11.9 Å². The number of carbonyl (C=O) groups is 1. The van der Waals surface area contributed by atoms with Crippen LogP contribution in [0.25, 0.3) is 0 Å². The predicted molar refractivity (Wildman–Crippen MR) is 130 cm³/mol. The Labute approximate surface area is 192 Å². The fourth-order valence-corrected chi connectivity index (χ4v) is 3.78. The molecule has 0 radical (unpaired) electrons. The van der Waals surface area contributed by atoms with Crippen LogP contribution in [-0.2, 0) is 17.9 Å². The van der Waals surface area contributed by atoms with E-state index in [0.717, 1.165) is 49.6 Å². The van der Waals surface area contributed by atoms with E-state index in [1.807, 2.05) is 47.4 Å². The smallest absolute Gasteiger partial charge is 0.253 e. The van der Waals surface area contributed by atoms with E-state index in [4.69, 9.17) is 4.74 Å². The van der Waals surface area contributed by atoms with Crippen molar-refractivity contribution in [3.05, 3.63) is 71.3 Å². The zero-order valence-electron chi connectivity index (χ0n) is 19.3. The first-order valence-corrected chi connectivity index (χ1v) is 11.6. The highest BCUT2D eigenvalue weighted by Gasteiger charge is 2.18. The molecule has 1 aliphatic rings. The molecule has 2 aromatic rings. The maximum absolute atomic E-state index is 12.8. The van der Waals surface area contributed by atoms with Gasteiger partial charge < -0.3 is 20.3 Å². The first kappa shape index (κ1) is 23.8. The second-order valence-electron chi connectivity index (χ2n) is 8.47. The fourth-order valence-electron chi connectivity index (χ4n) is 3.78. The Hall–Kier alpha value is -2.86. The molecule has 1 heterocycles. The van der Waals surface area contributed by atoms with Gasteiger partial charge in [0.05, 0.1) is 13.2 Å². The number of nitrogens with zero attached hydrogens (tertiary/aromatic N) is 2. The summed E-state index contributed by atoms with van der Waals surface area (Å²) in [5.41, 5.74) is 3.01. The molecule has 1 aliphatic heterocycles. The van der Waals surface area contributed by atoms with Crippen LogP contribution < -0.4 is 10.6 Å². The normalized spacial score (nSPS) is 15.3. The number of carbonyl (C=O) groups excluding carboxylic acids is 1. The van der Waals surface area contributed by atoms with E-state index in [0.29, 0.717) is 25.7 Å². The number of ether oxygens (including phenoxy) is 1. The van der Waals surface area contributed by atoms with Crippen LogP contribution in [0.5, 0.6) is 0 Å². The Balaban J connectivity index is 1.40. The summed E-state index contributed by atoms with van der Waals surface area (Å²) in [7, 11) is 1.77. The molecule has 0 saturated carbocycles. The molecule has 2 aromatic carbocycles. The van der Waals surface area contributed by atoms with Crippen molar-refractivity contribution in [2.24, 2.45) is 10.9 Å². The average Bonchev–Trinajstić information content (AvgIpc) is 2.85. The number of hydrogen-bond donors (Lipinski definition) is 2. The van der Waals surface area contributed by atoms with E-state index in [1.165, 1.54) is 12.0 Å². The molecule has 1 fully saturated rings. The van der Waals surface area contributed by atoms with Crippen LogP contribution in [0.2, 0.25) is 0 Å². The molecule has 6 heteroatoms. The van der Waals surface area contributed by atoms with Gasteiger partial charge in [-0.1, -0.05) is 49.4 Å². The average molecular weight is 437 g/mol. The number of hydrogen-bond acceptors (Lipinski definition) is 3. The summed E-state index contributed by atoms with van der Waals surface area (Å²) in [6, 6.07) is 18.1. The third-order valence-corrected chi connectivity index (χ3v) is 5.63. The molecule has 1 unspecified atom stereocenters. The highest BCUT2D eigenvalue weighted by Crippen LogP contribution is 2.14. The van der Waals surface area contributed by atoms with E-state index in [-0.39, 0.29) is 5.91 Å². The van der Waals surface area contributed by atoms with Gasteiger partial charge in [-0.05, 0) is 48.4 Å². The van der Waals surface area contributed by atoms with Gasteiger partial charge in [0.25, 0.3) is 5.91 Å². The summed E-state index contributed by atoms with van der Waals surface area (Å²) in [5, 5.41) is 6.70. The molecule has 1 amide bonds. The predicted octanol–water partition coefficient (Wildman–Crippen LogP) is 3.83. The minimum absolute atomic E-state index is 0.137. The lowest BCUT2D eigenvalue weighted by molar-refractivity contribution is 0.0724. The molecule has 172 valence electrons. The van der Waals surface area contributed by atoms with Crippen molar-refractivity contribution in [2.75, 3.05) is 33.3 Å². The monoisotopic (exact) mass is 436 g/mol. The van der Waals surface area contributed by atoms with Crippen LogP contribution in [0, 0.1) is 5.92 Å². The quantitative estimate of drug-likeness (QED) is 0.463. The molecule has 3 rings (SSSR count). The van der Waals surface area contributed by atoms with Crippen LogP contribution in [0.3, 0.4) is 0 Å². The molecule has 0 spiro atoms. The number of rotatable bonds is 9. The minimum Gasteiger partial charge on any atom is -0.376 e. The number of piperidine rings is 1. The summed E-state index contributed by atoms with van der Waals surface area (Å²) in [5.74, 6) is 1.23. The molecule has 32 heavy (non-hydrogen) atoms. The maximum atomic E-state index is 12.8. The van der Waals surface area contributed by atoms with Crippen molar-refractivity contribution in [2.45, 2.75) is 39.3 Å². The molecular weight excluding hydrogens is 400 g/mol. The maximum Gasteiger partial charge on any atom is 0.253 e. The highest BCUT2D eigenvalue weighted by atomic mass is 16.5. The van der Waals surface area contributed by atoms with Gasteiger partial charge in [-0.2, -0.15) is 0 Å². The first-order valence-electron chi connectivity index (χ1n) is 11.6. The molecular formula is C26H36N4O2. The standard InChI is InChI=1S/C26H36N4O2/c1-21(19-32-20-22-10-5-3-6-11-22)17-28-26(27-2)29-18-23-12-9-13-24(16-23)25(31)30-14-7-4-8-15-30/h3,5-6,9-13,16,21H,4,7-8,14-15,17-20H2,1-2H3,(H2,27,28,29). The van der Waals surface area contributed by atoms with Gasteiger partial charge in [-0.25, -0.2) is 0 Å². The summed E-state index contributed by atoms with van der Waals surface area (Å²) in [6.07, 6.45) is 3.42. The zero-order valence-corrected chi connectivity index (χ0v) is 19.3. The number of aliphatic imine (C=N–C) groups is 1. The number of guanidine groups is 1. The van der Waals surface area contributed by atoms with Gasteiger partial charge in [-0.3, -0.25) is 9.79 Å². The summed E-state index contributed by atoms with van der Waals surface area (Å²) in [4.78, 5) is 19.0. The lowest BCUT2D eigenvalue weighted by atomic mass is 10.1. The molecule has 0 aliphatic carbocycles. The fraction of sp³-hybridized carbons (Fsp3) is 0.462. The summed E-state index contributed by atoms with van der Waals surface area (Å²) < 4.78 is 5.83. The first-order chi connectivity index (χ1) is 15.7. The number of benzene rings is 2. The van der Waals surface area contributed by atoms with E-state index in [2.05, 4.69) is 34.7 Å². The third kappa shape index (κ3) is 7.68. The van der Waals surface area contributed by atoms with E-state index >= 15 is 0 Å². The Morgan fingerprint density at radius 1 is 1.03 bits per heavy atom. The molecule has 1 saturated heterocycles. The second kappa shape index (κ2) is 12.9. The van der Waals surface area contributed by atoms with Crippen LogP contribution in [-0.4, -0.2) is 50.1 Å². The van der Waals surface area contributed by atoms with Gasteiger partial charge in [-0.15, -0.1) is 0 Å². The molecule has 1 atom stereocenters. The number of amides is 1. The summed E-state index contributed by atoms with van der Waals surface area (Å²) >= 11 is 0. The highest BCUT2D eigenvalue weighted by molar-refractivity contribution is 5.94. The van der Waals surface area contributed by atoms with Crippen molar-refractivity contribution < 1.29 is 9.53 Å². The Kier molecular flexibility index (Phi) is 9.57. The van der Waals surface area contributed by atoms with Gasteiger partial charge in [0.1, 0.15) is 0 Å². The number of nitrogens with one attached hydrogen (secondary N) is 2. The molecule has 6 nitrogen and oxygen atoms in total. The third-order valence-electron chi connectivity index (χ3n) is 5.63. The minimum atomic E-state index is 0.137. The van der Waals surface area contributed by atoms with Gasteiger partial charge in [0.2, 0.25) is 0 Å². The van der Waals surface area contributed by atoms with Crippen molar-refractivity contribution in [1.82, 2.24) is 15.5 Å². The SMILES string of the molecule is CN=C(NCc1cccc(C(=O)N2CCCCC2)c1)NCC(C)COCc1ccccc1. The Morgan fingerprint density at radius 3 is 2.53 bits per heavy atom. The molecule has 0 aromatic heterocycles. The van der Waals surface area contributed by atoms with E-state index < -0.39 is 0 Å². The molecule has 2 N–H and O–H groups in total. The van der Waals surface area contributed by atoms with E-state index in [1.54, 1.807) is 7.05 Å². The van der Waals surface area contributed by atoms with Crippen LogP contribution in [0.4, 0.5) is 0 Å². The number of likely N-dealkylation sites (tertiary alicyclic amines) is 1. The second-order valence-corrected chi connectivity index (χ2v) is 8.47. The Morgan fingerprint density at radius 2 is 1.78 bits per heavy atom. The Bertz CT molecular complexity index is 863. The summed E-state index contributed by atoms with van der Waals surface area (Å²) in [6.45, 7) is 6.57. The van der Waals surface area contributed by atoms with Crippen molar-refractivity contribution in [1.29, 1.82) is 0 Å². The van der Waals surface area contributed by atoms with Crippen molar-refractivity contribution in [3.8, 4) is 0 Å². The molecule has 0 bridgehead atoms. The van der Waals surface area contributed by atoms with Crippen LogP contribution in [0.15, 0.2) is 59.6 Å². The van der Waals surface area contributed by atoms with Gasteiger partial charge in [0.15, 0.2) is 5.96 Å². The van der Waals surface area contributed by atoms with E-state index in [9.17, 15) is 4.79 Å². The lowest BCUT2D eigenvalue weighted by Gasteiger charge is -2.26. The topological polar surface area (TPSA) is 66.0 Å². The van der Waals surface area contributed by atoms with Gasteiger partial charge in [0, 0.05) is 38.8 Å². The van der Waals surface area contributed by atoms with Gasteiger partial charge >= 0.3 is 0 Å². The zero-order chi connectivity index (χ0) is 22.6. The lowest BCUT2D eigenvalue weighted by Crippen LogP contribution is -2.39. The van der Waals surface area contributed by atoms with Crippen molar-refractivity contribution in [3.63, 3.8) is 0 Å².